The number of piperidine rings is 1. The maximum absolute atomic E-state index is 12.5. The molecule has 2 amide bonds. The van der Waals surface area contributed by atoms with E-state index in [1.54, 1.807) is 0 Å². The molecule has 0 aromatic carbocycles. The van der Waals surface area contributed by atoms with E-state index >= 15 is 0 Å². The first kappa shape index (κ1) is 21.1. The van der Waals surface area contributed by atoms with Crippen molar-refractivity contribution in [1.82, 2.24) is 10.2 Å². The highest BCUT2D eigenvalue weighted by Crippen LogP contribution is 2.33. The lowest BCUT2D eigenvalue weighted by Crippen LogP contribution is -2.58. The van der Waals surface area contributed by atoms with Crippen LogP contribution in [0.2, 0.25) is 0 Å². The van der Waals surface area contributed by atoms with Gasteiger partial charge in [-0.15, -0.1) is 0 Å². The number of rotatable bonds is 6. The molecule has 1 saturated heterocycles. The molecule has 3 rings (SSSR count). The highest BCUT2D eigenvalue weighted by Gasteiger charge is 2.41. The van der Waals surface area contributed by atoms with Crippen molar-refractivity contribution in [3.63, 3.8) is 0 Å². The van der Waals surface area contributed by atoms with E-state index in [0.29, 0.717) is 25.2 Å². The number of carbonyl (C=O) groups excluding carboxylic acids is 2. The van der Waals surface area contributed by atoms with Crippen molar-refractivity contribution in [2.24, 2.45) is 17.6 Å². The molecule has 3 fully saturated rings. The molecular formula is C22H36N4O2. The van der Waals surface area contributed by atoms with Crippen LogP contribution in [0.25, 0.3) is 0 Å². The Hall–Kier alpha value is -1.61. The van der Waals surface area contributed by atoms with Gasteiger partial charge in [0.1, 0.15) is 5.54 Å². The van der Waals surface area contributed by atoms with Crippen molar-refractivity contribution in [3.05, 3.63) is 0 Å². The number of carbonyl (C=O) groups is 2. The number of primary amides is 1. The number of nitrogens with one attached hydrogen (secondary N) is 1. The maximum atomic E-state index is 12.5. The van der Waals surface area contributed by atoms with Crippen LogP contribution >= 0.6 is 0 Å². The van der Waals surface area contributed by atoms with Crippen LogP contribution in [0.3, 0.4) is 0 Å². The summed E-state index contributed by atoms with van der Waals surface area (Å²) in [5.41, 5.74) is 4.88. The minimum Gasteiger partial charge on any atom is -0.369 e. The highest BCUT2D eigenvalue weighted by atomic mass is 16.2. The first-order valence-electron chi connectivity index (χ1n) is 11.3. The number of nitrogens with zero attached hydrogens (tertiary/aromatic N) is 2. The number of nitrogens with two attached hydrogens (primary N) is 1. The normalized spacial score (nSPS) is 29.0. The van der Waals surface area contributed by atoms with Crippen LogP contribution in [0.1, 0.15) is 83.5 Å². The molecule has 6 heteroatoms. The fraction of sp³-hybridized carbons (Fsp3) is 0.864. The van der Waals surface area contributed by atoms with Gasteiger partial charge in [0.05, 0.1) is 12.0 Å². The Morgan fingerprint density at radius 2 is 1.68 bits per heavy atom. The van der Waals surface area contributed by atoms with E-state index in [4.69, 9.17) is 5.73 Å². The zero-order valence-electron chi connectivity index (χ0n) is 17.1. The molecule has 156 valence electrons. The Morgan fingerprint density at radius 1 is 1.04 bits per heavy atom. The van der Waals surface area contributed by atoms with Crippen LogP contribution in [0.5, 0.6) is 0 Å². The second-order valence-corrected chi connectivity index (χ2v) is 9.18. The predicted molar refractivity (Wildman–Crippen MR) is 108 cm³/mol. The molecule has 2 saturated carbocycles. The van der Waals surface area contributed by atoms with Crippen molar-refractivity contribution in [1.29, 1.82) is 5.26 Å². The van der Waals surface area contributed by atoms with Crippen molar-refractivity contribution in [2.45, 2.75) is 95.1 Å². The molecule has 0 bridgehead atoms. The summed E-state index contributed by atoms with van der Waals surface area (Å²) in [6.07, 6.45) is 13.2. The number of amides is 2. The van der Waals surface area contributed by atoms with E-state index in [2.05, 4.69) is 16.3 Å². The quantitative estimate of drug-likeness (QED) is 0.731. The average Bonchev–Trinajstić information content (AvgIpc) is 2.73. The molecule has 3 N–H and O–H groups in total. The first-order valence-corrected chi connectivity index (χ1v) is 11.3. The predicted octanol–water partition coefficient (Wildman–Crippen LogP) is 2.87. The molecule has 0 radical (unpaired) electrons. The van der Waals surface area contributed by atoms with Crippen molar-refractivity contribution in [2.75, 3.05) is 13.1 Å². The summed E-state index contributed by atoms with van der Waals surface area (Å²) >= 11 is 0. The Bertz CT molecular complexity index is 586. The van der Waals surface area contributed by atoms with Gasteiger partial charge in [-0.2, -0.15) is 5.26 Å². The van der Waals surface area contributed by atoms with Crippen molar-refractivity contribution < 1.29 is 9.59 Å². The van der Waals surface area contributed by atoms with Gasteiger partial charge in [-0.1, -0.05) is 44.9 Å². The second-order valence-electron chi connectivity index (χ2n) is 9.18. The molecule has 2 unspecified atom stereocenters. The van der Waals surface area contributed by atoms with Crippen molar-refractivity contribution >= 4 is 11.8 Å². The summed E-state index contributed by atoms with van der Waals surface area (Å²) in [6.45, 7) is 1.48. The zero-order chi connectivity index (χ0) is 20.0. The van der Waals surface area contributed by atoms with Gasteiger partial charge in [0.15, 0.2) is 0 Å². The SMILES string of the molecule is N#CC1(NC(=O)CCC2CCCCC2)CCN(C2CCCCC2C(N)=O)CC1. The molecule has 2 atom stereocenters. The molecule has 0 spiro atoms. The second kappa shape index (κ2) is 9.73. The standard InChI is InChI=1S/C22H36N4O2/c23-16-22(25-20(27)11-10-17-6-2-1-3-7-17)12-14-26(15-13-22)19-9-5-4-8-18(19)21(24)28/h17-19H,1-15H2,(H2,24,28)(H,25,27). The lowest BCUT2D eigenvalue weighted by Gasteiger charge is -2.44. The third kappa shape index (κ3) is 5.26. The summed E-state index contributed by atoms with van der Waals surface area (Å²) in [5, 5.41) is 12.8. The number of hydrogen-bond acceptors (Lipinski definition) is 4. The first-order chi connectivity index (χ1) is 13.5. The molecule has 1 aliphatic heterocycles. The van der Waals surface area contributed by atoms with E-state index in [1.165, 1.54) is 32.1 Å². The Morgan fingerprint density at radius 3 is 2.32 bits per heavy atom. The lowest BCUT2D eigenvalue weighted by molar-refractivity contribution is -0.125. The topological polar surface area (TPSA) is 99.2 Å². The Balaban J connectivity index is 1.49. The molecule has 2 aliphatic carbocycles. The van der Waals surface area contributed by atoms with E-state index in [1.807, 2.05) is 0 Å². The van der Waals surface area contributed by atoms with Gasteiger partial charge in [0.2, 0.25) is 11.8 Å². The Kier molecular flexibility index (Phi) is 7.34. The molecule has 1 heterocycles. The number of nitriles is 1. The third-order valence-electron chi connectivity index (χ3n) is 7.31. The smallest absolute Gasteiger partial charge is 0.222 e. The van der Waals surface area contributed by atoms with Crippen LogP contribution in [0.4, 0.5) is 0 Å². The van der Waals surface area contributed by atoms with E-state index in [-0.39, 0.29) is 23.8 Å². The minimum absolute atomic E-state index is 0.0215. The summed E-state index contributed by atoms with van der Waals surface area (Å²) in [7, 11) is 0. The van der Waals surface area contributed by atoms with Crippen LogP contribution in [-0.4, -0.2) is 41.4 Å². The van der Waals surface area contributed by atoms with Gasteiger partial charge < -0.3 is 11.1 Å². The number of hydrogen-bond donors (Lipinski definition) is 2. The third-order valence-corrected chi connectivity index (χ3v) is 7.31. The van der Waals surface area contributed by atoms with Gasteiger partial charge in [0.25, 0.3) is 0 Å². The summed E-state index contributed by atoms with van der Waals surface area (Å²) < 4.78 is 0. The molecule has 6 nitrogen and oxygen atoms in total. The summed E-state index contributed by atoms with van der Waals surface area (Å²) in [6, 6.07) is 2.59. The summed E-state index contributed by atoms with van der Waals surface area (Å²) in [5.74, 6) is 0.427. The molecule has 0 aromatic heterocycles. The van der Waals surface area contributed by atoms with E-state index < -0.39 is 5.54 Å². The van der Waals surface area contributed by atoms with E-state index in [0.717, 1.165) is 45.2 Å². The van der Waals surface area contributed by atoms with Crippen molar-refractivity contribution in [3.8, 4) is 6.07 Å². The van der Waals surface area contributed by atoms with Crippen LogP contribution in [0, 0.1) is 23.2 Å². The minimum atomic E-state index is -0.753. The largest absolute Gasteiger partial charge is 0.369 e. The maximum Gasteiger partial charge on any atom is 0.222 e. The monoisotopic (exact) mass is 388 g/mol. The van der Waals surface area contributed by atoms with Crippen LogP contribution in [-0.2, 0) is 9.59 Å². The lowest BCUT2D eigenvalue weighted by atomic mass is 9.80. The molecule has 0 aromatic rings. The zero-order valence-corrected chi connectivity index (χ0v) is 17.1. The fourth-order valence-corrected chi connectivity index (χ4v) is 5.52. The average molecular weight is 389 g/mol. The fourth-order valence-electron chi connectivity index (χ4n) is 5.52. The Labute approximate surface area is 169 Å². The van der Waals surface area contributed by atoms with E-state index in [9.17, 15) is 14.9 Å². The summed E-state index contributed by atoms with van der Waals surface area (Å²) in [4.78, 5) is 26.7. The van der Waals surface area contributed by atoms with Gasteiger partial charge >= 0.3 is 0 Å². The van der Waals surface area contributed by atoms with Gasteiger partial charge in [-0.25, -0.2) is 0 Å². The molecule has 28 heavy (non-hydrogen) atoms. The number of likely N-dealkylation sites (tertiary alicyclic amines) is 1. The van der Waals surface area contributed by atoms with Gasteiger partial charge in [0, 0.05) is 25.6 Å². The van der Waals surface area contributed by atoms with Gasteiger partial charge in [-0.05, 0) is 38.0 Å². The molecular weight excluding hydrogens is 352 g/mol. The van der Waals surface area contributed by atoms with Gasteiger partial charge in [-0.3, -0.25) is 14.5 Å². The van der Waals surface area contributed by atoms with Crippen LogP contribution in [0.15, 0.2) is 0 Å². The van der Waals surface area contributed by atoms with Crippen LogP contribution < -0.4 is 11.1 Å². The highest BCUT2D eigenvalue weighted by molar-refractivity contribution is 5.78. The molecule has 3 aliphatic rings.